The number of hydrogen-bond acceptors (Lipinski definition) is 1. The minimum absolute atomic E-state index is 0.641. The van der Waals surface area contributed by atoms with Crippen LogP contribution in [0, 0.1) is 0 Å². The first kappa shape index (κ1) is 7.52. The Morgan fingerprint density at radius 3 is 2.43 bits per heavy atom. The summed E-state index contributed by atoms with van der Waals surface area (Å²) in [5.74, 6) is 0. The third-order valence-corrected chi connectivity index (χ3v) is 1.48. The molecule has 7 heavy (non-hydrogen) atoms. The van der Waals surface area contributed by atoms with Gasteiger partial charge < -0.3 is 0 Å². The van der Waals surface area contributed by atoms with E-state index < -0.39 is 0 Å². The van der Waals surface area contributed by atoms with Crippen LogP contribution in [0.15, 0.2) is 0 Å². The van der Waals surface area contributed by atoms with Crippen molar-refractivity contribution < 1.29 is 24.5 Å². The van der Waals surface area contributed by atoms with Crippen molar-refractivity contribution in [3.63, 3.8) is 0 Å². The van der Waals surface area contributed by atoms with Crippen LogP contribution in [0.2, 0.25) is 0 Å². The van der Waals surface area contributed by atoms with Crippen molar-refractivity contribution in [1.82, 2.24) is 0 Å². The van der Waals surface area contributed by atoms with E-state index in [2.05, 4.69) is 6.92 Å². The zero-order chi connectivity index (χ0) is 5.70. The van der Waals surface area contributed by atoms with E-state index in [9.17, 15) is 0 Å². The van der Waals surface area contributed by atoms with Crippen molar-refractivity contribution in [2.45, 2.75) is 26.2 Å². The van der Waals surface area contributed by atoms with E-state index in [1.165, 1.54) is 25.8 Å². The normalized spacial score (nSPS) is 8.86. The Hall–Kier alpha value is 0.518. The van der Waals surface area contributed by atoms with Gasteiger partial charge in [0.15, 0.2) is 0 Å². The van der Waals surface area contributed by atoms with E-state index in [1.807, 2.05) is 0 Å². The zero-order valence-electron chi connectivity index (χ0n) is 4.48. The van der Waals surface area contributed by atoms with Crippen LogP contribution in [-0.4, -0.2) is 9.19 Å². The van der Waals surface area contributed by atoms with Crippen LogP contribution >= 0.6 is 0 Å². The van der Waals surface area contributed by atoms with Crippen molar-refractivity contribution in [1.29, 1.82) is 0 Å². The van der Waals surface area contributed by atoms with E-state index in [1.54, 1.807) is 0 Å². The zero-order valence-corrected chi connectivity index (χ0v) is 7.41. The molecule has 1 N–H and O–H groups in total. The summed E-state index contributed by atoms with van der Waals surface area (Å²) < 4.78 is 0.641. The Labute approximate surface area is 55.1 Å². The summed E-state index contributed by atoms with van der Waals surface area (Å²) in [5, 5.41) is 8.64. The Kier molecular flexibility index (Phi) is 5.02. The van der Waals surface area contributed by atoms with E-state index in [4.69, 9.17) is 5.11 Å². The minimum atomic E-state index is 0.641. The van der Waals surface area contributed by atoms with Crippen LogP contribution < -0.4 is 0 Å². The summed E-state index contributed by atoms with van der Waals surface area (Å²) >= 11 is 1.21. The van der Waals surface area contributed by atoms with Gasteiger partial charge in [-0.2, -0.15) is 0 Å². The second kappa shape index (κ2) is 4.67. The number of aliphatic hydroxyl groups is 1. The van der Waals surface area contributed by atoms with Crippen LogP contribution in [0.4, 0.5) is 0 Å². The Bertz CT molecular complexity index is 61.1. The standard InChI is InChI=1S/C5H10O.W/c1-2-3-4-5-6;/h6H,2-4H2,1H3;. The van der Waals surface area contributed by atoms with E-state index in [-0.39, 0.29) is 0 Å². The molecule has 0 radical (unpaired) electrons. The molecule has 2 heteroatoms. The number of rotatable bonds is 3. The van der Waals surface area contributed by atoms with Gasteiger partial charge in [0, 0.05) is 0 Å². The molecule has 0 aliphatic carbocycles. The molecule has 0 rings (SSSR count). The average molecular weight is 270 g/mol. The fourth-order valence-electron chi connectivity index (χ4n) is 0.328. The number of aliphatic hydroxyl groups excluding tert-OH is 1. The van der Waals surface area contributed by atoms with Crippen LogP contribution in [-0.2, 0) is 19.4 Å². The van der Waals surface area contributed by atoms with Gasteiger partial charge in [-0.1, -0.05) is 0 Å². The van der Waals surface area contributed by atoms with Crippen LogP contribution in [0.25, 0.3) is 0 Å². The Morgan fingerprint density at radius 2 is 2.29 bits per heavy atom. The molecule has 0 aliphatic rings. The molecule has 0 fully saturated rings. The quantitative estimate of drug-likeness (QED) is 0.817. The van der Waals surface area contributed by atoms with Gasteiger partial charge in [0.1, 0.15) is 0 Å². The van der Waals surface area contributed by atoms with Crippen molar-refractivity contribution in [3.8, 4) is 0 Å². The summed E-state index contributed by atoms with van der Waals surface area (Å²) in [5.41, 5.74) is 0. The molecule has 0 aliphatic heterocycles. The predicted molar refractivity (Wildman–Crippen MR) is 26.5 cm³/mol. The van der Waals surface area contributed by atoms with Gasteiger partial charge in [0.05, 0.1) is 0 Å². The van der Waals surface area contributed by atoms with E-state index in [0.29, 0.717) is 4.08 Å². The van der Waals surface area contributed by atoms with Gasteiger partial charge in [0.25, 0.3) is 0 Å². The summed E-state index contributed by atoms with van der Waals surface area (Å²) in [7, 11) is 0. The predicted octanol–water partition coefficient (Wildman–Crippen LogP) is 1.23. The molecule has 0 amide bonds. The molecule has 0 spiro atoms. The molecule has 0 saturated heterocycles. The maximum absolute atomic E-state index is 8.64. The second-order valence-corrected chi connectivity index (χ2v) is 3.19. The van der Waals surface area contributed by atoms with Gasteiger partial charge in [-0.3, -0.25) is 0 Å². The molecule has 0 aromatic carbocycles. The fraction of sp³-hybridized carbons (Fsp3) is 0.800. The summed E-state index contributed by atoms with van der Waals surface area (Å²) in [4.78, 5) is 0. The van der Waals surface area contributed by atoms with E-state index in [0.717, 1.165) is 12.8 Å². The molecule has 0 aromatic rings. The molecular weight excluding hydrogens is 260 g/mol. The number of unbranched alkanes of at least 4 members (excludes halogenated alkanes) is 1. The first-order chi connectivity index (χ1) is 3.27. The van der Waals surface area contributed by atoms with Crippen molar-refractivity contribution in [2.75, 3.05) is 0 Å². The van der Waals surface area contributed by atoms with Gasteiger partial charge in [-0.05, 0) is 0 Å². The third kappa shape index (κ3) is 6.52. The molecule has 0 atom stereocenters. The summed E-state index contributed by atoms with van der Waals surface area (Å²) in [6, 6.07) is 0. The van der Waals surface area contributed by atoms with Gasteiger partial charge in [0.2, 0.25) is 0 Å². The third-order valence-electron chi connectivity index (χ3n) is 0.744. The van der Waals surface area contributed by atoms with Gasteiger partial charge in [-0.15, -0.1) is 0 Å². The van der Waals surface area contributed by atoms with Crippen molar-refractivity contribution >= 4 is 4.08 Å². The second-order valence-electron chi connectivity index (χ2n) is 1.50. The average Bonchev–Trinajstić information content (AvgIpc) is 1.61. The summed E-state index contributed by atoms with van der Waals surface area (Å²) in [6.45, 7) is 2.12. The molecule has 0 saturated carbocycles. The molecule has 1 nitrogen and oxygen atoms in total. The monoisotopic (exact) mass is 270 g/mol. The first-order valence-electron chi connectivity index (χ1n) is 2.49. The Balaban J connectivity index is 2.82. The number of hydrogen-bond donors (Lipinski definition) is 1. The van der Waals surface area contributed by atoms with Gasteiger partial charge >= 0.3 is 54.7 Å². The molecular formula is C5H10OW. The fourth-order valence-corrected chi connectivity index (χ4v) is 0.847. The summed E-state index contributed by atoms with van der Waals surface area (Å²) in [6.07, 6.45) is 3.22. The molecule has 42 valence electrons. The van der Waals surface area contributed by atoms with E-state index >= 15 is 0 Å². The Morgan fingerprint density at radius 1 is 1.71 bits per heavy atom. The molecule has 0 aromatic heterocycles. The topological polar surface area (TPSA) is 20.2 Å². The van der Waals surface area contributed by atoms with Crippen LogP contribution in [0.1, 0.15) is 26.2 Å². The van der Waals surface area contributed by atoms with Crippen LogP contribution in [0.3, 0.4) is 0 Å². The van der Waals surface area contributed by atoms with Gasteiger partial charge in [-0.25, -0.2) is 0 Å². The van der Waals surface area contributed by atoms with Crippen molar-refractivity contribution in [2.24, 2.45) is 0 Å². The molecule has 0 heterocycles. The first-order valence-corrected chi connectivity index (χ1v) is 3.96. The molecule has 0 bridgehead atoms. The van der Waals surface area contributed by atoms with Crippen molar-refractivity contribution in [3.05, 3.63) is 0 Å². The molecule has 0 unspecified atom stereocenters. The maximum atomic E-state index is 8.64. The SMILES string of the molecule is CCCC[C](O)=[W]. The van der Waals surface area contributed by atoms with Crippen LogP contribution in [0.5, 0.6) is 0 Å².